The molecule has 3 rings (SSSR count). The highest BCUT2D eigenvalue weighted by atomic mass is 32.2. The highest BCUT2D eigenvalue weighted by Gasteiger charge is 2.32. The van der Waals surface area contributed by atoms with E-state index >= 15 is 0 Å². The van der Waals surface area contributed by atoms with Crippen molar-refractivity contribution in [2.75, 3.05) is 17.7 Å². The molecule has 3 aromatic carbocycles. The number of carbonyl (C=O) groups excluding carboxylic acids is 1. The van der Waals surface area contributed by atoms with Crippen molar-refractivity contribution in [2.45, 2.75) is 23.8 Å². The number of phosphoric acid groups is 1. The maximum atomic E-state index is 12.3. The molecule has 1 unspecified atom stereocenters. The van der Waals surface area contributed by atoms with E-state index in [-0.39, 0.29) is 0 Å². The van der Waals surface area contributed by atoms with Crippen LogP contribution in [0.3, 0.4) is 0 Å². The zero-order valence-electron chi connectivity index (χ0n) is 18.2. The molecule has 0 saturated heterocycles. The molecule has 0 radical (unpaired) electrons. The number of nitrogens with one attached hydrogen (secondary N) is 1. The van der Waals surface area contributed by atoms with Crippen molar-refractivity contribution in [3.63, 3.8) is 0 Å². The minimum Gasteiger partial charge on any atom is -0.324 e. The molecule has 0 aliphatic heterocycles. The SMILES string of the molecule is CC(N)(COP(=O)(O)O)C(=O)Nc1ccc(SCCc2ccc(-c3ccccc3)cc2)cc1. The first kappa shape index (κ1) is 25.2. The van der Waals surface area contributed by atoms with E-state index in [4.69, 9.17) is 15.5 Å². The maximum absolute atomic E-state index is 12.3. The lowest BCUT2D eigenvalue weighted by atomic mass is 10.0. The standard InChI is InChI=1S/C24H27N2O5PS/c1-24(25,17-31-32(28,29)30)23(27)26-21-11-13-22(14-12-21)33-16-15-18-7-9-20(10-8-18)19-5-3-2-4-6-19/h2-14H,15-17,25H2,1H3,(H,26,27)(H2,28,29,30). The summed E-state index contributed by atoms with van der Waals surface area (Å²) in [5.41, 5.74) is 8.44. The molecule has 1 amide bonds. The molecule has 1 atom stereocenters. The molecule has 0 heterocycles. The molecule has 0 aliphatic rings. The van der Waals surface area contributed by atoms with Gasteiger partial charge in [0.2, 0.25) is 5.91 Å². The maximum Gasteiger partial charge on any atom is 0.469 e. The van der Waals surface area contributed by atoms with Crippen LogP contribution in [0.5, 0.6) is 0 Å². The van der Waals surface area contributed by atoms with Crippen molar-refractivity contribution < 1.29 is 23.7 Å². The quantitative estimate of drug-likeness (QED) is 0.247. The van der Waals surface area contributed by atoms with Crippen LogP contribution in [0.15, 0.2) is 83.8 Å². The Kier molecular flexibility index (Phi) is 8.48. The Labute approximate surface area is 197 Å². The minimum absolute atomic E-state index is 0.536. The third kappa shape index (κ3) is 8.12. The van der Waals surface area contributed by atoms with Crippen LogP contribution in [0.2, 0.25) is 0 Å². The van der Waals surface area contributed by atoms with Crippen LogP contribution in [0.1, 0.15) is 12.5 Å². The zero-order chi connectivity index (χ0) is 23.9. The minimum atomic E-state index is -4.70. The number of hydrogen-bond donors (Lipinski definition) is 4. The van der Waals surface area contributed by atoms with E-state index in [0.29, 0.717) is 5.69 Å². The molecule has 7 nitrogen and oxygen atoms in total. The Morgan fingerprint density at radius 3 is 2.21 bits per heavy atom. The molecule has 174 valence electrons. The third-order valence-corrected chi connectivity index (χ3v) is 6.36. The lowest BCUT2D eigenvalue weighted by Crippen LogP contribution is -2.52. The molecule has 3 aromatic rings. The molecular formula is C24H27N2O5PS. The first-order valence-corrected chi connectivity index (χ1v) is 12.8. The summed E-state index contributed by atoms with van der Waals surface area (Å²) in [5, 5.41) is 2.64. The van der Waals surface area contributed by atoms with Gasteiger partial charge in [-0.1, -0.05) is 54.6 Å². The predicted octanol–water partition coefficient (Wildman–Crippen LogP) is 4.45. The number of rotatable bonds is 10. The predicted molar refractivity (Wildman–Crippen MR) is 132 cm³/mol. The molecular weight excluding hydrogens is 459 g/mol. The van der Waals surface area contributed by atoms with Crippen LogP contribution in [-0.4, -0.2) is 33.6 Å². The van der Waals surface area contributed by atoms with Crippen molar-refractivity contribution in [3.8, 4) is 11.1 Å². The van der Waals surface area contributed by atoms with Crippen molar-refractivity contribution in [1.82, 2.24) is 0 Å². The highest BCUT2D eigenvalue weighted by Crippen LogP contribution is 2.36. The fourth-order valence-corrected chi connectivity index (χ4v) is 4.31. The molecule has 0 spiro atoms. The van der Waals surface area contributed by atoms with Gasteiger partial charge in [-0.25, -0.2) is 4.57 Å². The summed E-state index contributed by atoms with van der Waals surface area (Å²) >= 11 is 1.72. The van der Waals surface area contributed by atoms with Gasteiger partial charge in [0, 0.05) is 16.3 Å². The van der Waals surface area contributed by atoms with E-state index in [1.165, 1.54) is 23.6 Å². The third-order valence-electron chi connectivity index (χ3n) is 4.88. The monoisotopic (exact) mass is 486 g/mol. The number of anilines is 1. The first-order valence-electron chi connectivity index (χ1n) is 10.3. The number of phosphoric ester groups is 1. The molecule has 9 heteroatoms. The van der Waals surface area contributed by atoms with Gasteiger partial charge in [-0.05, 0) is 54.3 Å². The van der Waals surface area contributed by atoms with Crippen LogP contribution in [0.4, 0.5) is 5.69 Å². The summed E-state index contributed by atoms with van der Waals surface area (Å²) in [6.07, 6.45) is 0.934. The Hall–Kier alpha value is -2.45. The largest absolute Gasteiger partial charge is 0.469 e. The van der Waals surface area contributed by atoms with Crippen LogP contribution in [-0.2, 0) is 20.3 Å². The van der Waals surface area contributed by atoms with E-state index in [0.717, 1.165) is 17.1 Å². The van der Waals surface area contributed by atoms with Gasteiger partial charge in [0.05, 0.1) is 6.61 Å². The topological polar surface area (TPSA) is 122 Å². The van der Waals surface area contributed by atoms with E-state index in [1.54, 1.807) is 23.9 Å². The summed E-state index contributed by atoms with van der Waals surface area (Å²) in [6, 6.07) is 26.2. The van der Waals surface area contributed by atoms with Crippen LogP contribution >= 0.6 is 19.6 Å². The van der Waals surface area contributed by atoms with Crippen LogP contribution in [0.25, 0.3) is 11.1 Å². The molecule has 33 heavy (non-hydrogen) atoms. The summed E-state index contributed by atoms with van der Waals surface area (Å²) < 4.78 is 15.2. The zero-order valence-corrected chi connectivity index (χ0v) is 19.9. The Morgan fingerprint density at radius 1 is 1.00 bits per heavy atom. The fourth-order valence-electron chi connectivity index (χ4n) is 2.97. The number of hydrogen-bond acceptors (Lipinski definition) is 5. The van der Waals surface area contributed by atoms with Crippen LogP contribution in [0, 0.1) is 0 Å². The number of benzene rings is 3. The average Bonchev–Trinajstić information content (AvgIpc) is 2.79. The second kappa shape index (κ2) is 11.1. The fraction of sp³-hybridized carbons (Fsp3) is 0.208. The molecule has 0 fully saturated rings. The average molecular weight is 487 g/mol. The van der Waals surface area contributed by atoms with Gasteiger partial charge in [0.15, 0.2) is 0 Å². The first-order chi connectivity index (χ1) is 15.6. The smallest absolute Gasteiger partial charge is 0.324 e. The van der Waals surface area contributed by atoms with Gasteiger partial charge in [-0.3, -0.25) is 9.32 Å². The molecule has 0 saturated carbocycles. The normalized spacial score (nSPS) is 13.3. The summed E-state index contributed by atoms with van der Waals surface area (Å²) in [4.78, 5) is 30.9. The molecule has 0 aliphatic carbocycles. The number of nitrogens with two attached hydrogens (primary N) is 1. The van der Waals surface area contributed by atoms with Crippen molar-refractivity contribution in [1.29, 1.82) is 0 Å². The lowest BCUT2D eigenvalue weighted by molar-refractivity contribution is -0.121. The Bertz CT molecular complexity index is 1100. The Balaban J connectivity index is 1.47. The Morgan fingerprint density at radius 2 is 1.61 bits per heavy atom. The summed E-state index contributed by atoms with van der Waals surface area (Å²) in [7, 11) is -4.70. The molecule has 0 bridgehead atoms. The van der Waals surface area contributed by atoms with Crippen LogP contribution < -0.4 is 11.1 Å². The second-order valence-corrected chi connectivity index (χ2v) is 10.2. The van der Waals surface area contributed by atoms with E-state index in [1.807, 2.05) is 30.3 Å². The van der Waals surface area contributed by atoms with Gasteiger partial charge >= 0.3 is 7.82 Å². The molecule has 5 N–H and O–H groups in total. The van der Waals surface area contributed by atoms with E-state index in [2.05, 4.69) is 46.2 Å². The van der Waals surface area contributed by atoms with Gasteiger partial charge in [-0.15, -0.1) is 11.8 Å². The number of aryl methyl sites for hydroxylation is 1. The van der Waals surface area contributed by atoms with E-state index in [9.17, 15) is 9.36 Å². The number of amides is 1. The second-order valence-electron chi connectivity index (χ2n) is 7.82. The van der Waals surface area contributed by atoms with Crippen molar-refractivity contribution >= 4 is 31.2 Å². The highest BCUT2D eigenvalue weighted by molar-refractivity contribution is 7.99. The van der Waals surface area contributed by atoms with Crippen molar-refractivity contribution in [3.05, 3.63) is 84.4 Å². The van der Waals surface area contributed by atoms with Crippen molar-refractivity contribution in [2.24, 2.45) is 5.73 Å². The van der Waals surface area contributed by atoms with E-state index < -0.39 is 25.9 Å². The number of thioether (sulfide) groups is 1. The lowest BCUT2D eigenvalue weighted by Gasteiger charge is -2.23. The van der Waals surface area contributed by atoms with Gasteiger partial charge in [0.25, 0.3) is 0 Å². The summed E-state index contributed by atoms with van der Waals surface area (Å²) in [6.45, 7) is 0.734. The summed E-state index contributed by atoms with van der Waals surface area (Å²) in [5.74, 6) is 0.312. The van der Waals surface area contributed by atoms with Gasteiger partial charge < -0.3 is 20.8 Å². The van der Waals surface area contributed by atoms with Gasteiger partial charge in [0.1, 0.15) is 5.54 Å². The van der Waals surface area contributed by atoms with Gasteiger partial charge in [-0.2, -0.15) is 0 Å². The number of carbonyl (C=O) groups is 1. The molecule has 0 aromatic heterocycles.